The average molecular weight is 434 g/mol. The van der Waals surface area contributed by atoms with Gasteiger partial charge in [-0.25, -0.2) is 0 Å². The van der Waals surface area contributed by atoms with Crippen molar-refractivity contribution in [2.24, 2.45) is 5.73 Å². The zero-order valence-electron chi connectivity index (χ0n) is 10.2. The quantitative estimate of drug-likeness (QED) is 0.727. The molecule has 3 nitrogen and oxygen atoms in total. The summed E-state index contributed by atoms with van der Waals surface area (Å²) in [7, 11) is 0. The van der Waals surface area contributed by atoms with Crippen molar-refractivity contribution in [1.82, 2.24) is 5.32 Å². The Morgan fingerprint density at radius 3 is 2.85 bits per heavy atom. The molecule has 0 aliphatic carbocycles. The molecular weight excluding hydrogens is 424 g/mol. The van der Waals surface area contributed by atoms with Crippen LogP contribution in [0, 0.1) is 11.8 Å². The molecule has 0 bridgehead atoms. The molecule has 0 fully saturated rings. The summed E-state index contributed by atoms with van der Waals surface area (Å²) >= 11 is 9.78. The predicted molar refractivity (Wildman–Crippen MR) is 91.1 cm³/mol. The molecule has 0 unspecified atom stereocenters. The van der Waals surface area contributed by atoms with Crippen LogP contribution >= 0.6 is 54.5 Å². The van der Waals surface area contributed by atoms with Crippen molar-refractivity contribution in [3.63, 3.8) is 0 Å². The number of carbonyl (C=O) groups excluding carboxylic acids is 1. The monoisotopic (exact) mass is 432 g/mol. The molecule has 104 valence electrons. The molecule has 2 aromatic heterocycles. The molecule has 20 heavy (non-hydrogen) atoms. The summed E-state index contributed by atoms with van der Waals surface area (Å²) in [5, 5.41) is 4.85. The van der Waals surface area contributed by atoms with E-state index in [-0.39, 0.29) is 5.91 Å². The number of hydrogen-bond donors (Lipinski definition) is 2. The summed E-state index contributed by atoms with van der Waals surface area (Å²) < 4.78 is 1.74. The second-order valence-electron chi connectivity index (χ2n) is 3.73. The molecule has 2 aromatic rings. The Labute approximate surface area is 141 Å². The second-order valence-corrected chi connectivity index (χ2v) is 8.47. The van der Waals surface area contributed by atoms with Gasteiger partial charge in [-0.1, -0.05) is 11.8 Å². The molecule has 3 N–H and O–H groups in total. The van der Waals surface area contributed by atoms with Crippen LogP contribution in [0.4, 0.5) is 0 Å². The van der Waals surface area contributed by atoms with Crippen LogP contribution in [0.15, 0.2) is 25.1 Å². The third-order valence-electron chi connectivity index (χ3n) is 2.31. The van der Waals surface area contributed by atoms with E-state index >= 15 is 0 Å². The van der Waals surface area contributed by atoms with Crippen LogP contribution in [-0.2, 0) is 6.54 Å². The lowest BCUT2D eigenvalue weighted by molar-refractivity contribution is 0.0951. The summed E-state index contributed by atoms with van der Waals surface area (Å²) in [6.45, 7) is 0.844. The SMILES string of the molecule is NCC#Cc1csc(CNC(=O)c2cc(Br)sc2Br)c1. The van der Waals surface area contributed by atoms with E-state index in [9.17, 15) is 4.79 Å². The Bertz CT molecular complexity index is 682. The van der Waals surface area contributed by atoms with Crippen LogP contribution < -0.4 is 11.1 Å². The zero-order valence-corrected chi connectivity index (χ0v) is 15.0. The van der Waals surface area contributed by atoms with Gasteiger partial charge in [-0.3, -0.25) is 4.79 Å². The maximum Gasteiger partial charge on any atom is 0.253 e. The summed E-state index contributed by atoms with van der Waals surface area (Å²) in [5.41, 5.74) is 6.90. The molecule has 0 saturated heterocycles. The maximum absolute atomic E-state index is 12.0. The highest BCUT2D eigenvalue weighted by Gasteiger charge is 2.13. The van der Waals surface area contributed by atoms with Gasteiger partial charge in [0.1, 0.15) is 0 Å². The fraction of sp³-hybridized carbons (Fsp3) is 0.154. The third-order valence-corrected chi connectivity index (χ3v) is 5.59. The molecule has 0 aromatic carbocycles. The molecule has 0 atom stereocenters. The number of hydrogen-bond acceptors (Lipinski definition) is 4. The Morgan fingerprint density at radius 1 is 1.40 bits per heavy atom. The highest BCUT2D eigenvalue weighted by molar-refractivity contribution is 9.12. The highest BCUT2D eigenvalue weighted by atomic mass is 79.9. The van der Waals surface area contributed by atoms with E-state index in [4.69, 9.17) is 5.73 Å². The van der Waals surface area contributed by atoms with Crippen molar-refractivity contribution in [3.8, 4) is 11.8 Å². The minimum absolute atomic E-state index is 0.0955. The first-order valence-corrected chi connectivity index (χ1v) is 8.87. The van der Waals surface area contributed by atoms with Crippen molar-refractivity contribution in [2.45, 2.75) is 6.54 Å². The van der Waals surface area contributed by atoms with E-state index in [0.29, 0.717) is 18.7 Å². The van der Waals surface area contributed by atoms with Crippen molar-refractivity contribution in [1.29, 1.82) is 0 Å². The lowest BCUT2D eigenvalue weighted by Gasteiger charge is -2.01. The minimum atomic E-state index is -0.0955. The molecule has 0 aliphatic rings. The average Bonchev–Trinajstić information content (AvgIpc) is 3.00. The molecule has 2 heterocycles. The maximum atomic E-state index is 12.0. The van der Waals surface area contributed by atoms with Crippen LogP contribution in [0.2, 0.25) is 0 Å². The second kappa shape index (κ2) is 7.38. The van der Waals surface area contributed by atoms with Gasteiger partial charge in [0.2, 0.25) is 0 Å². The van der Waals surface area contributed by atoms with Crippen LogP contribution in [0.1, 0.15) is 20.8 Å². The van der Waals surface area contributed by atoms with E-state index in [2.05, 4.69) is 49.0 Å². The van der Waals surface area contributed by atoms with Gasteiger partial charge in [0.25, 0.3) is 5.91 Å². The van der Waals surface area contributed by atoms with Gasteiger partial charge < -0.3 is 11.1 Å². The smallest absolute Gasteiger partial charge is 0.253 e. The number of carbonyl (C=O) groups is 1. The Kier molecular flexibility index (Phi) is 5.81. The van der Waals surface area contributed by atoms with E-state index in [1.54, 1.807) is 17.4 Å². The van der Waals surface area contributed by atoms with Gasteiger partial charge in [-0.2, -0.15) is 0 Å². The molecule has 1 amide bonds. The number of amides is 1. The zero-order chi connectivity index (χ0) is 14.5. The first-order chi connectivity index (χ1) is 9.60. The molecule has 0 radical (unpaired) electrons. The van der Waals surface area contributed by atoms with E-state index < -0.39 is 0 Å². The number of thiophene rings is 2. The van der Waals surface area contributed by atoms with Crippen LogP contribution in [0.5, 0.6) is 0 Å². The van der Waals surface area contributed by atoms with E-state index in [1.807, 2.05) is 11.4 Å². The number of rotatable bonds is 3. The fourth-order valence-corrected chi connectivity index (χ4v) is 5.00. The lowest BCUT2D eigenvalue weighted by Crippen LogP contribution is -2.22. The van der Waals surface area contributed by atoms with Crippen molar-refractivity contribution in [3.05, 3.63) is 41.1 Å². The minimum Gasteiger partial charge on any atom is -0.347 e. The van der Waals surface area contributed by atoms with Crippen LogP contribution in [0.25, 0.3) is 0 Å². The fourth-order valence-electron chi connectivity index (χ4n) is 1.45. The van der Waals surface area contributed by atoms with Crippen molar-refractivity contribution >= 4 is 60.4 Å². The number of nitrogens with two attached hydrogens (primary N) is 1. The first-order valence-electron chi connectivity index (χ1n) is 5.59. The first kappa shape index (κ1) is 15.7. The van der Waals surface area contributed by atoms with Gasteiger partial charge in [-0.15, -0.1) is 22.7 Å². The van der Waals surface area contributed by atoms with Gasteiger partial charge in [0.05, 0.1) is 26.2 Å². The van der Waals surface area contributed by atoms with Crippen molar-refractivity contribution < 1.29 is 4.79 Å². The Balaban J connectivity index is 1.96. The van der Waals surface area contributed by atoms with Gasteiger partial charge in [0.15, 0.2) is 0 Å². The Hall–Kier alpha value is -0.650. The van der Waals surface area contributed by atoms with Gasteiger partial charge in [0, 0.05) is 15.8 Å². The molecule has 7 heteroatoms. The van der Waals surface area contributed by atoms with Gasteiger partial charge >= 0.3 is 0 Å². The molecule has 0 spiro atoms. The topological polar surface area (TPSA) is 55.1 Å². The van der Waals surface area contributed by atoms with Crippen LogP contribution in [0.3, 0.4) is 0 Å². The molecular formula is C13H10Br2N2OS2. The van der Waals surface area contributed by atoms with E-state index in [0.717, 1.165) is 18.0 Å². The summed E-state index contributed by atoms with van der Waals surface area (Å²) in [6, 6.07) is 3.77. The molecule has 2 rings (SSSR count). The number of nitrogens with one attached hydrogen (secondary N) is 1. The highest BCUT2D eigenvalue weighted by Crippen LogP contribution is 2.31. The van der Waals surface area contributed by atoms with Gasteiger partial charge in [-0.05, 0) is 44.0 Å². The third kappa shape index (κ3) is 4.17. The summed E-state index contributed by atoms with van der Waals surface area (Å²) in [4.78, 5) is 13.1. The van der Waals surface area contributed by atoms with Crippen LogP contribution in [-0.4, -0.2) is 12.5 Å². The predicted octanol–water partition coefficient (Wildman–Crippen LogP) is 3.57. The lowest BCUT2D eigenvalue weighted by atomic mass is 10.3. The van der Waals surface area contributed by atoms with Crippen molar-refractivity contribution in [2.75, 3.05) is 6.54 Å². The summed E-state index contributed by atoms with van der Waals surface area (Å²) in [6.07, 6.45) is 0. The number of halogens is 2. The standard InChI is InChI=1S/C13H10Br2N2OS2/c14-11-5-10(12(15)20-11)13(18)17-6-9-4-8(7-19-9)2-1-3-16/h4-5,7H,3,6,16H2,(H,17,18). The molecule has 0 saturated carbocycles. The Morgan fingerprint density at radius 2 is 2.20 bits per heavy atom. The van der Waals surface area contributed by atoms with E-state index in [1.165, 1.54) is 11.3 Å². The normalized spacial score (nSPS) is 9.95. The molecule has 0 aliphatic heterocycles. The largest absolute Gasteiger partial charge is 0.347 e. The summed E-state index contributed by atoms with van der Waals surface area (Å²) in [5.74, 6) is 5.68.